The summed E-state index contributed by atoms with van der Waals surface area (Å²) in [6.07, 6.45) is 1.22. The maximum absolute atomic E-state index is 13.8. The fraction of sp³-hybridized carbons (Fsp3) is 0.0476. The van der Waals surface area contributed by atoms with Gasteiger partial charge in [-0.2, -0.15) is 10.4 Å². The highest BCUT2D eigenvalue weighted by Crippen LogP contribution is 2.27. The van der Waals surface area contributed by atoms with E-state index < -0.39 is 17.7 Å². The van der Waals surface area contributed by atoms with Crippen LogP contribution in [-0.4, -0.2) is 18.1 Å². The lowest BCUT2D eigenvalue weighted by molar-refractivity contribution is -0.255. The van der Waals surface area contributed by atoms with Crippen LogP contribution in [0.4, 0.5) is 4.39 Å². The molecule has 29 heavy (non-hydrogen) atoms. The number of benzene rings is 2. The number of carboxylic acid groups (broad SMARTS) is 1. The van der Waals surface area contributed by atoms with E-state index in [2.05, 4.69) is 10.5 Å². The normalized spacial score (nSPS) is 10.7. The number of furan rings is 1. The lowest BCUT2D eigenvalue weighted by Crippen LogP contribution is -2.23. The molecule has 2 aromatic carbocycles. The molecule has 0 saturated carbocycles. The van der Waals surface area contributed by atoms with E-state index in [0.29, 0.717) is 22.6 Å². The summed E-state index contributed by atoms with van der Waals surface area (Å²) >= 11 is 0. The Morgan fingerprint density at radius 2 is 2.00 bits per heavy atom. The number of nitrogens with zero attached hydrogens (tertiary/aromatic N) is 2. The van der Waals surface area contributed by atoms with Crippen molar-refractivity contribution < 1.29 is 23.5 Å². The van der Waals surface area contributed by atoms with Crippen LogP contribution in [-0.2, 0) is 0 Å². The highest BCUT2D eigenvalue weighted by atomic mass is 19.1. The summed E-state index contributed by atoms with van der Waals surface area (Å²) < 4.78 is 19.4. The Morgan fingerprint density at radius 1 is 1.21 bits per heavy atom. The molecule has 1 aromatic heterocycles. The van der Waals surface area contributed by atoms with Gasteiger partial charge in [0.15, 0.2) is 0 Å². The maximum atomic E-state index is 13.8. The number of rotatable bonds is 5. The van der Waals surface area contributed by atoms with Gasteiger partial charge in [0, 0.05) is 11.1 Å². The van der Waals surface area contributed by atoms with Crippen molar-refractivity contribution in [2.75, 3.05) is 0 Å². The number of nitriles is 1. The number of hydrazone groups is 1. The zero-order valence-corrected chi connectivity index (χ0v) is 15.1. The van der Waals surface area contributed by atoms with Crippen LogP contribution >= 0.6 is 0 Å². The van der Waals surface area contributed by atoms with Crippen LogP contribution in [0.3, 0.4) is 0 Å². The lowest BCUT2D eigenvalue weighted by Gasteiger charge is -2.10. The van der Waals surface area contributed by atoms with E-state index in [1.165, 1.54) is 24.4 Å². The Bertz CT molecular complexity index is 1170. The highest BCUT2D eigenvalue weighted by Gasteiger charge is 2.12. The third-order valence-electron chi connectivity index (χ3n) is 4.15. The first-order valence-corrected chi connectivity index (χ1v) is 8.35. The number of carboxylic acids is 1. The van der Waals surface area contributed by atoms with Gasteiger partial charge < -0.3 is 14.3 Å². The Hall–Kier alpha value is -4.25. The Labute approximate surface area is 164 Å². The minimum Gasteiger partial charge on any atom is -0.545 e. The molecule has 0 fully saturated rings. The summed E-state index contributed by atoms with van der Waals surface area (Å²) in [5.74, 6) is -2.20. The summed E-state index contributed by atoms with van der Waals surface area (Å²) in [5.41, 5.74) is 3.15. The number of carbonyl (C=O) groups excluding carboxylic acids is 2. The molecule has 3 rings (SSSR count). The van der Waals surface area contributed by atoms with E-state index in [1.807, 2.05) is 0 Å². The number of hydrogen-bond donors (Lipinski definition) is 1. The van der Waals surface area contributed by atoms with Crippen LogP contribution in [0, 0.1) is 24.1 Å². The second-order valence-electron chi connectivity index (χ2n) is 5.97. The fourth-order valence-corrected chi connectivity index (χ4v) is 2.67. The van der Waals surface area contributed by atoms with E-state index >= 15 is 0 Å². The van der Waals surface area contributed by atoms with E-state index in [1.54, 1.807) is 37.3 Å². The number of halogens is 1. The quantitative estimate of drug-likeness (QED) is 0.530. The summed E-state index contributed by atoms with van der Waals surface area (Å²) in [4.78, 5) is 23.1. The van der Waals surface area contributed by atoms with Gasteiger partial charge >= 0.3 is 0 Å². The Kier molecular flexibility index (Phi) is 5.51. The first kappa shape index (κ1) is 19.5. The predicted molar refractivity (Wildman–Crippen MR) is 99.4 cm³/mol. The molecular weight excluding hydrogens is 377 g/mol. The zero-order valence-electron chi connectivity index (χ0n) is 15.1. The largest absolute Gasteiger partial charge is 0.545 e. The van der Waals surface area contributed by atoms with Gasteiger partial charge in [0.05, 0.1) is 29.4 Å². The van der Waals surface area contributed by atoms with E-state index in [4.69, 9.17) is 9.68 Å². The SMILES string of the molecule is Cc1c(C(=O)[O-])cccc1-c1ccc(/C=N\NC(=O)c2ccc(C#N)cc2F)o1. The number of hydrogen-bond acceptors (Lipinski definition) is 6. The minimum absolute atomic E-state index is 0.0609. The van der Waals surface area contributed by atoms with Crippen LogP contribution in [0.25, 0.3) is 11.3 Å². The fourth-order valence-electron chi connectivity index (χ4n) is 2.67. The molecule has 3 aromatic rings. The van der Waals surface area contributed by atoms with Crippen LogP contribution in [0.15, 0.2) is 58.0 Å². The van der Waals surface area contributed by atoms with Gasteiger partial charge in [-0.1, -0.05) is 18.2 Å². The third-order valence-corrected chi connectivity index (χ3v) is 4.15. The predicted octanol–water partition coefficient (Wildman–Crippen LogP) is 2.39. The van der Waals surface area contributed by atoms with Crippen molar-refractivity contribution in [1.82, 2.24) is 5.43 Å². The first-order chi connectivity index (χ1) is 13.9. The molecule has 144 valence electrons. The summed E-state index contributed by atoms with van der Waals surface area (Å²) in [6.45, 7) is 1.64. The molecule has 0 aliphatic rings. The number of carbonyl (C=O) groups is 2. The molecule has 0 bridgehead atoms. The van der Waals surface area contributed by atoms with Gasteiger partial charge in [0.1, 0.15) is 17.3 Å². The molecule has 0 atom stereocenters. The molecule has 1 N–H and O–H groups in total. The molecule has 0 unspecified atom stereocenters. The standard InChI is InChI=1S/C21H14FN3O4/c1-12-15(3-2-4-16(12)21(27)28)19-8-6-14(29-19)11-24-25-20(26)17-7-5-13(10-23)9-18(17)22/h2-9,11H,1H3,(H,25,26)(H,27,28)/p-1/b24-11-. The molecule has 0 aliphatic heterocycles. The zero-order chi connectivity index (χ0) is 21.0. The number of aromatic carboxylic acids is 1. The van der Waals surface area contributed by atoms with Crippen LogP contribution in [0.5, 0.6) is 0 Å². The Morgan fingerprint density at radius 3 is 2.69 bits per heavy atom. The third kappa shape index (κ3) is 4.20. The molecule has 0 radical (unpaired) electrons. The van der Waals surface area contributed by atoms with Crippen molar-refractivity contribution >= 4 is 18.1 Å². The minimum atomic E-state index is -1.28. The lowest BCUT2D eigenvalue weighted by atomic mass is 10.0. The molecule has 0 spiro atoms. The van der Waals surface area contributed by atoms with E-state index in [-0.39, 0.29) is 16.7 Å². The van der Waals surface area contributed by atoms with Gasteiger partial charge in [-0.25, -0.2) is 9.82 Å². The number of nitrogens with one attached hydrogen (secondary N) is 1. The van der Waals surface area contributed by atoms with Crippen LogP contribution < -0.4 is 10.5 Å². The van der Waals surface area contributed by atoms with Crippen molar-refractivity contribution in [3.05, 3.63) is 82.4 Å². The van der Waals surface area contributed by atoms with Crippen molar-refractivity contribution in [2.45, 2.75) is 6.92 Å². The molecular formula is C21H13FN3O4-. The topological polar surface area (TPSA) is 119 Å². The average Bonchev–Trinajstić information content (AvgIpc) is 3.16. The van der Waals surface area contributed by atoms with Crippen LogP contribution in [0.1, 0.15) is 37.6 Å². The van der Waals surface area contributed by atoms with Crippen LogP contribution in [0.2, 0.25) is 0 Å². The molecule has 1 heterocycles. The molecule has 0 aliphatic carbocycles. The van der Waals surface area contributed by atoms with Crippen molar-refractivity contribution in [3.8, 4) is 17.4 Å². The molecule has 0 saturated heterocycles. The summed E-state index contributed by atoms with van der Waals surface area (Å²) in [6, 6.07) is 13.2. The number of amides is 1. The van der Waals surface area contributed by atoms with Gasteiger partial charge in [-0.3, -0.25) is 4.79 Å². The van der Waals surface area contributed by atoms with Gasteiger partial charge in [-0.05, 0) is 42.8 Å². The van der Waals surface area contributed by atoms with Crippen molar-refractivity contribution in [1.29, 1.82) is 5.26 Å². The van der Waals surface area contributed by atoms with Crippen molar-refractivity contribution in [2.24, 2.45) is 5.10 Å². The van der Waals surface area contributed by atoms with Gasteiger partial charge in [0.25, 0.3) is 5.91 Å². The molecule has 8 heteroatoms. The summed E-state index contributed by atoms with van der Waals surface area (Å²) in [7, 11) is 0. The Balaban J connectivity index is 1.73. The highest BCUT2D eigenvalue weighted by molar-refractivity contribution is 5.95. The molecule has 7 nitrogen and oxygen atoms in total. The smallest absolute Gasteiger partial charge is 0.274 e. The monoisotopic (exact) mass is 390 g/mol. The second kappa shape index (κ2) is 8.19. The molecule has 1 amide bonds. The van der Waals surface area contributed by atoms with E-state index in [0.717, 1.165) is 6.07 Å². The van der Waals surface area contributed by atoms with Gasteiger partial charge in [0.2, 0.25) is 0 Å². The average molecular weight is 390 g/mol. The maximum Gasteiger partial charge on any atom is 0.274 e. The van der Waals surface area contributed by atoms with Gasteiger partial charge in [-0.15, -0.1) is 0 Å². The second-order valence-corrected chi connectivity index (χ2v) is 5.97. The first-order valence-electron chi connectivity index (χ1n) is 8.35. The van der Waals surface area contributed by atoms with Crippen molar-refractivity contribution in [3.63, 3.8) is 0 Å². The summed E-state index contributed by atoms with van der Waals surface area (Å²) in [5, 5.41) is 23.6. The van der Waals surface area contributed by atoms with E-state index in [9.17, 15) is 19.1 Å².